The van der Waals surface area contributed by atoms with Gasteiger partial charge < -0.3 is 20.1 Å². The highest BCUT2D eigenvalue weighted by molar-refractivity contribution is 9.10. The molecule has 1 aromatic rings. The Balaban J connectivity index is 2.26. The van der Waals surface area contributed by atoms with Crippen LogP contribution >= 0.6 is 15.9 Å². The molecular weight excluding hydrogens is 278 g/mol. The number of aliphatic hydroxyl groups excluding tert-OH is 3. The maximum absolute atomic E-state index is 9.80. The molecule has 1 unspecified atom stereocenters. The average Bonchev–Trinajstić information content (AvgIpc) is 2.57. The molecule has 5 nitrogen and oxygen atoms in total. The van der Waals surface area contributed by atoms with Gasteiger partial charge in [0.25, 0.3) is 0 Å². The zero-order valence-corrected chi connectivity index (χ0v) is 9.91. The van der Waals surface area contributed by atoms with Gasteiger partial charge in [-0.25, -0.2) is 0 Å². The van der Waals surface area contributed by atoms with E-state index >= 15 is 0 Å². The molecule has 0 aliphatic carbocycles. The molecule has 1 saturated heterocycles. The summed E-state index contributed by atoms with van der Waals surface area (Å²) in [5, 5.41) is 28.4. The van der Waals surface area contributed by atoms with Crippen LogP contribution < -0.4 is 0 Å². The van der Waals surface area contributed by atoms with Gasteiger partial charge in [-0.1, -0.05) is 15.9 Å². The molecule has 0 saturated carbocycles. The maximum atomic E-state index is 9.80. The Morgan fingerprint density at radius 1 is 1.38 bits per heavy atom. The summed E-state index contributed by atoms with van der Waals surface area (Å²) in [6.07, 6.45) is -0.402. The number of aliphatic hydroxyl groups is 3. The number of hydrogen-bond donors (Lipinski definition) is 3. The molecule has 2 rings (SSSR count). The van der Waals surface area contributed by atoms with Crippen LogP contribution in [0.25, 0.3) is 0 Å². The molecule has 3 N–H and O–H groups in total. The molecule has 1 fully saturated rings. The van der Waals surface area contributed by atoms with Crippen molar-refractivity contribution in [2.24, 2.45) is 0 Å². The maximum Gasteiger partial charge on any atom is 0.114 e. The molecule has 0 aromatic carbocycles. The van der Waals surface area contributed by atoms with E-state index < -0.39 is 24.4 Å². The lowest BCUT2D eigenvalue weighted by Gasteiger charge is -2.15. The van der Waals surface area contributed by atoms with Gasteiger partial charge in [0.15, 0.2) is 0 Å². The lowest BCUT2D eigenvalue weighted by atomic mass is 10.0. The van der Waals surface area contributed by atoms with Crippen LogP contribution in [0.4, 0.5) is 0 Å². The predicted molar refractivity (Wildman–Crippen MR) is 58.7 cm³/mol. The van der Waals surface area contributed by atoms with Crippen LogP contribution in [0, 0.1) is 0 Å². The number of ether oxygens (including phenoxy) is 1. The van der Waals surface area contributed by atoms with E-state index in [9.17, 15) is 10.2 Å². The van der Waals surface area contributed by atoms with Crippen LogP contribution in [0.5, 0.6) is 0 Å². The third-order valence-corrected chi connectivity index (χ3v) is 3.37. The Morgan fingerprint density at radius 2 is 2.12 bits per heavy atom. The fraction of sp³-hybridized carbons (Fsp3) is 0.500. The summed E-state index contributed by atoms with van der Waals surface area (Å²) >= 11 is 3.32. The molecule has 2 heterocycles. The molecule has 16 heavy (non-hydrogen) atoms. The molecule has 0 radical (unpaired) electrons. The Bertz CT molecular complexity index is 376. The smallest absolute Gasteiger partial charge is 0.114 e. The van der Waals surface area contributed by atoms with E-state index in [4.69, 9.17) is 9.84 Å². The minimum atomic E-state index is -1.08. The van der Waals surface area contributed by atoms with Gasteiger partial charge in [-0.3, -0.25) is 4.98 Å². The van der Waals surface area contributed by atoms with Crippen LogP contribution in [0.15, 0.2) is 22.9 Å². The first kappa shape index (κ1) is 11.9. The molecule has 0 amide bonds. The minimum absolute atomic E-state index is 0.327. The molecule has 0 bridgehead atoms. The average molecular weight is 290 g/mol. The number of pyridine rings is 1. The highest BCUT2D eigenvalue weighted by atomic mass is 79.9. The summed E-state index contributed by atoms with van der Waals surface area (Å²) in [6.45, 7) is -0.327. The summed E-state index contributed by atoms with van der Waals surface area (Å²) < 4.78 is 6.13. The van der Waals surface area contributed by atoms with Crippen molar-refractivity contribution in [3.63, 3.8) is 0 Å². The van der Waals surface area contributed by atoms with Gasteiger partial charge in [-0.15, -0.1) is 0 Å². The zero-order chi connectivity index (χ0) is 11.7. The number of rotatable bonds is 2. The van der Waals surface area contributed by atoms with Crippen LogP contribution in [0.2, 0.25) is 0 Å². The normalized spacial score (nSPS) is 34.2. The molecule has 88 valence electrons. The largest absolute Gasteiger partial charge is 0.394 e. The third kappa shape index (κ3) is 1.99. The lowest BCUT2D eigenvalue weighted by molar-refractivity contribution is -0.0230. The van der Waals surface area contributed by atoms with Crippen molar-refractivity contribution in [1.82, 2.24) is 4.98 Å². The van der Waals surface area contributed by atoms with E-state index in [0.29, 0.717) is 5.56 Å². The first-order chi connectivity index (χ1) is 7.65. The SMILES string of the molecule is OC[C@H]1OC(c2cnccc2Br)[C@H](O)[C@@H]1O. The van der Waals surface area contributed by atoms with Crippen molar-refractivity contribution in [2.75, 3.05) is 6.61 Å². The Kier molecular flexibility index (Phi) is 3.56. The van der Waals surface area contributed by atoms with Crippen molar-refractivity contribution in [3.8, 4) is 0 Å². The second-order valence-electron chi connectivity index (χ2n) is 3.66. The van der Waals surface area contributed by atoms with E-state index in [-0.39, 0.29) is 6.61 Å². The molecule has 1 aliphatic heterocycles. The van der Waals surface area contributed by atoms with Gasteiger partial charge in [0.2, 0.25) is 0 Å². The highest BCUT2D eigenvalue weighted by Gasteiger charge is 2.43. The van der Waals surface area contributed by atoms with Gasteiger partial charge >= 0.3 is 0 Å². The fourth-order valence-electron chi connectivity index (χ4n) is 1.76. The summed E-state index contributed by atoms with van der Waals surface area (Å²) in [7, 11) is 0. The van der Waals surface area contributed by atoms with Crippen molar-refractivity contribution >= 4 is 15.9 Å². The first-order valence-electron chi connectivity index (χ1n) is 4.87. The van der Waals surface area contributed by atoms with Gasteiger partial charge in [0.05, 0.1) is 6.61 Å². The molecule has 4 atom stereocenters. The molecule has 1 aliphatic rings. The number of halogens is 1. The van der Waals surface area contributed by atoms with Crippen molar-refractivity contribution in [2.45, 2.75) is 24.4 Å². The van der Waals surface area contributed by atoms with Gasteiger partial charge in [0.1, 0.15) is 24.4 Å². The monoisotopic (exact) mass is 289 g/mol. The lowest BCUT2D eigenvalue weighted by Crippen LogP contribution is -2.32. The first-order valence-corrected chi connectivity index (χ1v) is 5.66. The van der Waals surface area contributed by atoms with E-state index in [0.717, 1.165) is 4.47 Å². The Labute approximate surface area is 101 Å². The summed E-state index contributed by atoms with van der Waals surface area (Å²) in [6, 6.07) is 1.73. The standard InChI is InChI=1S/C10H12BrNO4/c11-6-1-2-12-3-5(6)10-9(15)8(14)7(4-13)16-10/h1-3,7-10,13-15H,4H2/t7-,8-,9-,10?/m1/s1. The summed E-state index contributed by atoms with van der Waals surface area (Å²) in [4.78, 5) is 3.94. The van der Waals surface area contributed by atoms with E-state index in [2.05, 4.69) is 20.9 Å². The molecule has 6 heteroatoms. The molecule has 0 spiro atoms. The van der Waals surface area contributed by atoms with E-state index in [1.807, 2.05) is 0 Å². The summed E-state index contributed by atoms with van der Waals surface area (Å²) in [5.41, 5.74) is 0.657. The molecular formula is C10H12BrNO4. The fourth-order valence-corrected chi connectivity index (χ4v) is 2.20. The van der Waals surface area contributed by atoms with E-state index in [1.54, 1.807) is 18.5 Å². The van der Waals surface area contributed by atoms with Gasteiger partial charge in [-0.2, -0.15) is 0 Å². The number of nitrogens with zero attached hydrogens (tertiary/aromatic N) is 1. The number of hydrogen-bond acceptors (Lipinski definition) is 5. The van der Waals surface area contributed by atoms with E-state index in [1.165, 1.54) is 0 Å². The van der Waals surface area contributed by atoms with Crippen LogP contribution in [-0.2, 0) is 4.74 Å². The highest BCUT2D eigenvalue weighted by Crippen LogP contribution is 2.36. The second kappa shape index (κ2) is 4.77. The van der Waals surface area contributed by atoms with Crippen molar-refractivity contribution < 1.29 is 20.1 Å². The van der Waals surface area contributed by atoms with Crippen LogP contribution in [0.3, 0.4) is 0 Å². The second-order valence-corrected chi connectivity index (χ2v) is 4.51. The third-order valence-electron chi connectivity index (χ3n) is 2.65. The van der Waals surface area contributed by atoms with Crippen LogP contribution in [0.1, 0.15) is 11.7 Å². The quantitative estimate of drug-likeness (QED) is 0.714. The Morgan fingerprint density at radius 3 is 2.69 bits per heavy atom. The van der Waals surface area contributed by atoms with Gasteiger partial charge in [0, 0.05) is 22.4 Å². The predicted octanol–water partition coefficient (Wildman–Crippen LogP) is -0.00190. The minimum Gasteiger partial charge on any atom is -0.394 e. The molecule has 1 aromatic heterocycles. The number of aromatic nitrogens is 1. The summed E-state index contributed by atoms with van der Waals surface area (Å²) in [5.74, 6) is 0. The zero-order valence-electron chi connectivity index (χ0n) is 8.32. The van der Waals surface area contributed by atoms with Crippen molar-refractivity contribution in [3.05, 3.63) is 28.5 Å². The topological polar surface area (TPSA) is 82.8 Å². The van der Waals surface area contributed by atoms with Crippen LogP contribution in [-0.4, -0.2) is 45.2 Å². The van der Waals surface area contributed by atoms with Crippen molar-refractivity contribution in [1.29, 1.82) is 0 Å². The Hall–Kier alpha value is -0.530. The van der Waals surface area contributed by atoms with Gasteiger partial charge in [-0.05, 0) is 6.07 Å².